The quantitative estimate of drug-likeness (QED) is 0.555. The van der Waals surface area contributed by atoms with Gasteiger partial charge in [0.2, 0.25) is 5.88 Å². The van der Waals surface area contributed by atoms with Crippen molar-refractivity contribution < 1.29 is 17.9 Å². The van der Waals surface area contributed by atoms with E-state index in [9.17, 15) is 13.2 Å². The molecule has 0 aliphatic carbocycles. The Bertz CT molecular complexity index is 1040. The Balaban J connectivity index is 2.05. The molecule has 2 aromatic heterocycles. The van der Waals surface area contributed by atoms with E-state index < -0.39 is 17.8 Å². The molecule has 0 amide bonds. The molecule has 9 heteroatoms. The Morgan fingerprint density at radius 1 is 1.14 bits per heavy atom. The van der Waals surface area contributed by atoms with Gasteiger partial charge in [-0.2, -0.15) is 18.2 Å². The fourth-order valence-corrected chi connectivity index (χ4v) is 3.57. The van der Waals surface area contributed by atoms with Crippen molar-refractivity contribution in [2.75, 3.05) is 12.4 Å². The van der Waals surface area contributed by atoms with Crippen molar-refractivity contribution >= 4 is 32.8 Å². The van der Waals surface area contributed by atoms with Crippen LogP contribution in [0.25, 0.3) is 11.0 Å². The summed E-state index contributed by atoms with van der Waals surface area (Å²) in [6.45, 7) is 4.99. The maximum absolute atomic E-state index is 13.2. The van der Waals surface area contributed by atoms with Crippen LogP contribution in [0.3, 0.4) is 0 Å². The van der Waals surface area contributed by atoms with Gasteiger partial charge in [0, 0.05) is 0 Å². The van der Waals surface area contributed by atoms with Gasteiger partial charge in [-0.15, -0.1) is 0 Å². The van der Waals surface area contributed by atoms with Gasteiger partial charge >= 0.3 is 6.18 Å². The second-order valence-corrected chi connectivity index (χ2v) is 7.21. The smallest absolute Gasteiger partial charge is 0.416 e. The van der Waals surface area contributed by atoms with Crippen LogP contribution in [0.4, 0.5) is 19.0 Å². The minimum atomic E-state index is -4.40. The number of nitrogens with zero attached hydrogens (tertiary/aromatic N) is 3. The highest BCUT2D eigenvalue weighted by molar-refractivity contribution is 9.10. The summed E-state index contributed by atoms with van der Waals surface area (Å²) in [4.78, 5) is 13.1. The maximum Gasteiger partial charge on any atom is 0.416 e. The van der Waals surface area contributed by atoms with Crippen LogP contribution >= 0.6 is 15.9 Å². The molecule has 1 N–H and O–H groups in total. The summed E-state index contributed by atoms with van der Waals surface area (Å²) in [5.41, 5.74) is 0.519. The summed E-state index contributed by atoms with van der Waals surface area (Å²) < 4.78 is 45.5. The van der Waals surface area contributed by atoms with Gasteiger partial charge in [-0.25, -0.2) is 9.97 Å². The Labute approximate surface area is 168 Å². The van der Waals surface area contributed by atoms with Gasteiger partial charge in [0.1, 0.15) is 11.6 Å². The molecule has 0 aliphatic heterocycles. The summed E-state index contributed by atoms with van der Waals surface area (Å²) >= 11 is 3.39. The normalized spacial score (nSPS) is 12.9. The molecule has 0 spiro atoms. The van der Waals surface area contributed by atoms with Crippen LogP contribution in [-0.4, -0.2) is 22.1 Å². The number of hydrogen-bond donors (Lipinski definition) is 1. The van der Waals surface area contributed by atoms with Gasteiger partial charge in [0.25, 0.3) is 0 Å². The molecule has 3 rings (SSSR count). The largest absolute Gasteiger partial charge is 0.480 e. The monoisotopic (exact) mass is 454 g/mol. The Morgan fingerprint density at radius 3 is 2.50 bits per heavy atom. The van der Waals surface area contributed by atoms with Crippen molar-refractivity contribution in [1.82, 2.24) is 15.0 Å². The fourth-order valence-electron chi connectivity index (χ4n) is 3.09. The third-order valence-corrected chi connectivity index (χ3v) is 4.98. The van der Waals surface area contributed by atoms with E-state index in [1.807, 2.05) is 0 Å². The summed E-state index contributed by atoms with van der Waals surface area (Å²) in [6.07, 6.45) is -4.40. The van der Waals surface area contributed by atoms with Crippen LogP contribution in [0.15, 0.2) is 28.7 Å². The highest BCUT2D eigenvalue weighted by Crippen LogP contribution is 2.36. The number of aryl methyl sites for hydroxylation is 1. The molecule has 0 saturated carbocycles. The predicted octanol–water partition coefficient (Wildman–Crippen LogP) is 5.60. The SMILES string of the molecule is COc1nc2nc(C)nc(NC(C)c3cccc(C(F)(F)F)c3C)c2cc1Br. The molecule has 148 valence electrons. The van der Waals surface area contributed by atoms with Crippen molar-refractivity contribution in [2.24, 2.45) is 0 Å². The van der Waals surface area contributed by atoms with Gasteiger partial charge in [-0.3, -0.25) is 0 Å². The Hall–Kier alpha value is -2.42. The van der Waals surface area contributed by atoms with E-state index in [1.165, 1.54) is 20.1 Å². The number of aromatic nitrogens is 3. The molecule has 1 unspecified atom stereocenters. The number of pyridine rings is 1. The van der Waals surface area contributed by atoms with E-state index in [0.29, 0.717) is 38.6 Å². The van der Waals surface area contributed by atoms with Crippen molar-refractivity contribution in [3.05, 3.63) is 51.3 Å². The lowest BCUT2D eigenvalue weighted by Gasteiger charge is -2.21. The second-order valence-electron chi connectivity index (χ2n) is 6.35. The van der Waals surface area contributed by atoms with Crippen molar-refractivity contribution in [3.63, 3.8) is 0 Å². The minimum Gasteiger partial charge on any atom is -0.480 e. The molecule has 1 aromatic carbocycles. The number of benzene rings is 1. The lowest BCUT2D eigenvalue weighted by Crippen LogP contribution is -2.14. The molecule has 0 radical (unpaired) electrons. The average molecular weight is 455 g/mol. The van der Waals surface area contributed by atoms with Crippen molar-refractivity contribution in [2.45, 2.75) is 33.0 Å². The minimum absolute atomic E-state index is 0.186. The number of anilines is 1. The summed E-state index contributed by atoms with van der Waals surface area (Å²) in [6, 6.07) is 5.53. The van der Waals surface area contributed by atoms with Crippen LogP contribution in [0.1, 0.15) is 35.5 Å². The van der Waals surface area contributed by atoms with Crippen molar-refractivity contribution in [3.8, 4) is 5.88 Å². The topological polar surface area (TPSA) is 59.9 Å². The second kappa shape index (κ2) is 7.54. The first-order chi connectivity index (χ1) is 13.1. The van der Waals surface area contributed by atoms with Gasteiger partial charge in [-0.05, 0) is 60.0 Å². The predicted molar refractivity (Wildman–Crippen MR) is 105 cm³/mol. The third-order valence-electron chi connectivity index (χ3n) is 4.41. The summed E-state index contributed by atoms with van der Waals surface area (Å²) in [5, 5.41) is 3.84. The number of halogens is 4. The highest BCUT2D eigenvalue weighted by Gasteiger charge is 2.33. The molecule has 0 fully saturated rings. The first-order valence-electron chi connectivity index (χ1n) is 8.44. The molecular formula is C19H18BrF3N4O. The number of nitrogens with one attached hydrogen (secondary N) is 1. The number of rotatable bonds is 4. The number of fused-ring (bicyclic) bond motifs is 1. The van der Waals surface area contributed by atoms with E-state index in [0.717, 1.165) is 6.07 Å². The molecule has 28 heavy (non-hydrogen) atoms. The molecule has 5 nitrogen and oxygen atoms in total. The average Bonchev–Trinajstić information content (AvgIpc) is 2.60. The first-order valence-corrected chi connectivity index (χ1v) is 9.23. The third kappa shape index (κ3) is 3.89. The van der Waals surface area contributed by atoms with Gasteiger partial charge in [0.15, 0.2) is 5.65 Å². The zero-order valence-electron chi connectivity index (χ0n) is 15.6. The zero-order chi connectivity index (χ0) is 20.6. The molecule has 1 atom stereocenters. The molecular weight excluding hydrogens is 437 g/mol. The van der Waals surface area contributed by atoms with E-state index in [1.54, 1.807) is 26.0 Å². The van der Waals surface area contributed by atoms with Crippen LogP contribution in [0.5, 0.6) is 5.88 Å². The van der Waals surface area contributed by atoms with Gasteiger partial charge in [-0.1, -0.05) is 12.1 Å². The van der Waals surface area contributed by atoms with Crippen LogP contribution in [0.2, 0.25) is 0 Å². The van der Waals surface area contributed by atoms with E-state index in [4.69, 9.17) is 4.74 Å². The molecule has 0 bridgehead atoms. The zero-order valence-corrected chi connectivity index (χ0v) is 17.2. The highest BCUT2D eigenvalue weighted by atomic mass is 79.9. The molecule has 3 aromatic rings. The number of methoxy groups -OCH3 is 1. The molecule has 0 saturated heterocycles. The lowest BCUT2D eigenvalue weighted by atomic mass is 9.97. The molecule has 2 heterocycles. The van der Waals surface area contributed by atoms with Gasteiger partial charge < -0.3 is 10.1 Å². The standard InChI is InChI=1S/C19H18BrF3N4O/c1-9-12(6-5-7-14(9)19(21,22)23)10(2)24-16-13-8-15(20)18(28-4)27-17(13)26-11(3)25-16/h5-8,10H,1-4H3,(H,24,25,26,27). The maximum atomic E-state index is 13.2. The number of hydrogen-bond acceptors (Lipinski definition) is 5. The lowest BCUT2D eigenvalue weighted by molar-refractivity contribution is -0.138. The van der Waals surface area contributed by atoms with E-state index in [-0.39, 0.29) is 5.56 Å². The summed E-state index contributed by atoms with van der Waals surface area (Å²) in [7, 11) is 1.50. The van der Waals surface area contributed by atoms with E-state index in [2.05, 4.69) is 36.2 Å². The van der Waals surface area contributed by atoms with Gasteiger partial charge in [0.05, 0.1) is 28.6 Å². The van der Waals surface area contributed by atoms with Crippen LogP contribution < -0.4 is 10.1 Å². The molecule has 0 aliphatic rings. The van der Waals surface area contributed by atoms with Crippen molar-refractivity contribution in [1.29, 1.82) is 0 Å². The Kier molecular flexibility index (Phi) is 5.47. The van der Waals surface area contributed by atoms with E-state index >= 15 is 0 Å². The fraction of sp³-hybridized carbons (Fsp3) is 0.316. The Morgan fingerprint density at radius 2 is 1.86 bits per heavy atom. The van der Waals surface area contributed by atoms with Crippen LogP contribution in [0, 0.1) is 13.8 Å². The van der Waals surface area contributed by atoms with Crippen LogP contribution in [-0.2, 0) is 6.18 Å². The summed E-state index contributed by atoms with van der Waals surface area (Å²) in [5.74, 6) is 1.36. The number of ether oxygens (including phenoxy) is 1. The first kappa shape index (κ1) is 20.3. The number of alkyl halides is 3.